The second-order valence-electron chi connectivity index (χ2n) is 26.5. The van der Waals surface area contributed by atoms with E-state index in [2.05, 4.69) is 65.8 Å². The molecule has 0 saturated heterocycles. The first-order valence-electron chi connectivity index (χ1n) is 35.1. The summed E-state index contributed by atoms with van der Waals surface area (Å²) in [4.78, 5) is 134. The van der Waals surface area contributed by atoms with Crippen molar-refractivity contribution < 1.29 is 47.9 Å². The van der Waals surface area contributed by atoms with Gasteiger partial charge in [-0.1, -0.05) is 88.0 Å². The Balaban J connectivity index is 0.000000165. The van der Waals surface area contributed by atoms with Crippen LogP contribution in [0, 0.1) is 6.92 Å². The van der Waals surface area contributed by atoms with Crippen LogP contribution in [0.5, 0.6) is 0 Å². The molecule has 0 spiro atoms. The number of benzene rings is 6. The minimum absolute atomic E-state index is 0. The lowest BCUT2D eigenvalue weighted by molar-refractivity contribution is -0.145. The number of ketones is 1. The van der Waals surface area contributed by atoms with Crippen molar-refractivity contribution in [1.29, 1.82) is 0 Å². The van der Waals surface area contributed by atoms with E-state index in [-0.39, 0.29) is 81.4 Å². The Bertz CT molecular complexity index is 4890. The summed E-state index contributed by atoms with van der Waals surface area (Å²) in [7, 11) is 11.3. The number of carbonyl (C=O) groups is 9. The second kappa shape index (κ2) is 35.8. The number of esters is 1. The molecule has 7 amide bonds. The molecular formula is C79H97N17O10. The van der Waals surface area contributed by atoms with Crippen molar-refractivity contribution >= 4 is 97.2 Å². The van der Waals surface area contributed by atoms with Gasteiger partial charge in [-0.05, 0) is 114 Å². The fourth-order valence-electron chi connectivity index (χ4n) is 13.2. The molecule has 14 rings (SSSR count). The lowest BCUT2D eigenvalue weighted by atomic mass is 10.0. The first-order chi connectivity index (χ1) is 50.2. The molecule has 10 aromatic rings. The van der Waals surface area contributed by atoms with Gasteiger partial charge < -0.3 is 69.6 Å². The summed E-state index contributed by atoms with van der Waals surface area (Å²) in [6, 6.07) is 36.9. The molecule has 106 heavy (non-hydrogen) atoms. The molecular weight excluding hydrogens is 1350 g/mol. The molecule has 558 valence electrons. The Hall–Kier alpha value is -11.5. The molecule has 1 unspecified atom stereocenters. The Labute approximate surface area is 616 Å². The predicted octanol–water partition coefficient (Wildman–Crippen LogP) is 7.31. The largest absolute Gasteiger partial charge is 0.467 e. The maximum atomic E-state index is 12.9. The molecule has 1 atom stereocenters. The van der Waals surface area contributed by atoms with Gasteiger partial charge in [0.05, 0.1) is 86.6 Å². The third kappa shape index (κ3) is 18.4. The number of para-hydroxylation sites is 4. The molecule has 6 N–H and O–H groups in total. The number of ether oxygens (including phenoxy) is 1. The van der Waals surface area contributed by atoms with Crippen LogP contribution >= 0.6 is 0 Å². The number of imidazole rings is 4. The molecule has 27 heteroatoms. The summed E-state index contributed by atoms with van der Waals surface area (Å²) >= 11 is 0. The lowest BCUT2D eigenvalue weighted by Crippen LogP contribution is -2.43. The first-order valence-corrected chi connectivity index (χ1v) is 35.1. The fraction of sp³-hybridized carbons (Fsp3) is 0.380. The van der Waals surface area contributed by atoms with Crippen LogP contribution in [-0.2, 0) is 75.9 Å². The third-order valence-corrected chi connectivity index (χ3v) is 18.4. The SMILES string of the molecule is C.C.CCC(=O)CNC(=O)CCc1nc2cccc3c2n1CCNC3=O.CN(C)CCCN(C)C(=O)c1cccc(-c2nc3cccc4c3n2CCNC4=O)c1.CN(C)Cc1nc2cccc3c2n1CCNC3=O.COC(=O)C(Cc1ccc(C)cc1)NC(=O)CCc1nc2cccc3c2n1CCNC3=O. The van der Waals surface area contributed by atoms with E-state index in [0.29, 0.717) is 100 Å². The molecule has 0 saturated carbocycles. The van der Waals surface area contributed by atoms with E-state index < -0.39 is 12.0 Å². The van der Waals surface area contributed by atoms with Gasteiger partial charge in [0.25, 0.3) is 29.5 Å². The van der Waals surface area contributed by atoms with Crippen molar-refractivity contribution in [2.75, 3.05) is 88.2 Å². The lowest BCUT2D eigenvalue weighted by Gasteiger charge is -2.19. The molecule has 0 bridgehead atoms. The van der Waals surface area contributed by atoms with Gasteiger partial charge in [-0.25, -0.2) is 24.7 Å². The van der Waals surface area contributed by atoms with Crippen LogP contribution in [-0.4, -0.2) is 200 Å². The number of methoxy groups -OCH3 is 1. The number of nitrogens with one attached hydrogen (secondary N) is 6. The fourth-order valence-corrected chi connectivity index (χ4v) is 13.2. The zero-order valence-corrected chi connectivity index (χ0v) is 60.1. The Kier molecular flexibility index (Phi) is 26.6. The highest BCUT2D eigenvalue weighted by Gasteiger charge is 2.28. The highest BCUT2D eigenvalue weighted by molar-refractivity contribution is 6.08. The van der Waals surface area contributed by atoms with Crippen LogP contribution < -0.4 is 31.9 Å². The predicted molar refractivity (Wildman–Crippen MR) is 408 cm³/mol. The zero-order chi connectivity index (χ0) is 73.7. The minimum atomic E-state index is -0.760. The standard InChI is InChI=1S/C24H26N4O4.C23H27N5O2.C17H20N4O3.C13H16N4O.2CH4/c1-15-6-8-16(9-7-15)14-19(24(31)32-2)27-21(29)11-10-20-26-18-5-3-4-17-22(18)28(20)13-12-25-23(17)30;1-26(2)12-6-13-27(3)23(30)17-8-4-7-16(15-17)21-25-19-10-5-9-18-20(19)28(21)14-11-24-22(18)29;1-2-11(22)10-19-15(23)7-6-14-20-13-5-3-4-12-16(13)21(14)9-8-18-17(12)24;1-16(2)8-11-15-10-5-3-4-9-12(10)17(11)7-6-14-13(9)18;;/h3-9,19H,10-14H2,1-2H3,(H,25,30)(H,27,29);4-5,7-10,15H,6,11-14H2,1-3H3,(H,24,29);3-5H,2,6-10H2,1H3,(H,18,24)(H,19,23);3-5H,6-8H2,1-2H3,(H,14,18);2*1H4. The second-order valence-corrected chi connectivity index (χ2v) is 26.5. The number of rotatable bonds is 21. The Morgan fingerprint density at radius 3 is 1.45 bits per heavy atom. The van der Waals surface area contributed by atoms with Gasteiger partial charge in [0.15, 0.2) is 5.78 Å². The Morgan fingerprint density at radius 1 is 0.538 bits per heavy atom. The van der Waals surface area contributed by atoms with Crippen molar-refractivity contribution in [3.8, 4) is 11.4 Å². The van der Waals surface area contributed by atoms with Crippen molar-refractivity contribution in [2.24, 2.45) is 0 Å². The summed E-state index contributed by atoms with van der Waals surface area (Å²) in [5, 5.41) is 17.0. The number of carbonyl (C=O) groups excluding carboxylic acids is 9. The number of Topliss-reactive ketones (excluding diaryl/α,β-unsaturated/α-hetero) is 1. The van der Waals surface area contributed by atoms with E-state index in [1.54, 1.807) is 24.0 Å². The summed E-state index contributed by atoms with van der Waals surface area (Å²) in [6.45, 7) is 11.1. The zero-order valence-electron chi connectivity index (χ0n) is 60.1. The molecule has 0 radical (unpaired) electrons. The van der Waals surface area contributed by atoms with Gasteiger partial charge in [0.1, 0.15) is 29.3 Å². The number of aryl methyl sites for hydroxylation is 3. The first kappa shape index (κ1) is 78.7. The van der Waals surface area contributed by atoms with E-state index in [1.165, 1.54) is 7.11 Å². The van der Waals surface area contributed by atoms with E-state index in [9.17, 15) is 43.2 Å². The van der Waals surface area contributed by atoms with Crippen LogP contribution in [0.2, 0.25) is 0 Å². The van der Waals surface area contributed by atoms with Crippen molar-refractivity contribution in [3.05, 3.63) is 178 Å². The van der Waals surface area contributed by atoms with Gasteiger partial charge in [-0.15, -0.1) is 0 Å². The monoisotopic (exact) mass is 1440 g/mol. The Morgan fingerprint density at radius 2 is 0.981 bits per heavy atom. The van der Waals surface area contributed by atoms with Crippen LogP contribution in [0.15, 0.2) is 121 Å². The van der Waals surface area contributed by atoms with Crippen LogP contribution in [0.25, 0.3) is 55.5 Å². The molecule has 0 fully saturated rings. The minimum Gasteiger partial charge on any atom is -0.467 e. The van der Waals surface area contributed by atoms with Crippen molar-refractivity contribution in [2.45, 2.75) is 112 Å². The third-order valence-electron chi connectivity index (χ3n) is 18.4. The number of hydrogen-bond donors (Lipinski definition) is 6. The van der Waals surface area contributed by atoms with Crippen molar-refractivity contribution in [3.63, 3.8) is 0 Å². The van der Waals surface area contributed by atoms with Gasteiger partial charge in [0, 0.05) is 116 Å². The van der Waals surface area contributed by atoms with Crippen LogP contribution in [0.1, 0.15) is 128 Å². The van der Waals surface area contributed by atoms with E-state index in [0.717, 1.165) is 116 Å². The number of amides is 7. The molecule has 4 aliphatic heterocycles. The molecule has 27 nitrogen and oxygen atoms in total. The maximum absolute atomic E-state index is 12.9. The highest BCUT2D eigenvalue weighted by atomic mass is 16.5. The topological polar surface area (TPSA) is 316 Å². The number of hydrogen-bond acceptors (Lipinski definition) is 16. The van der Waals surface area contributed by atoms with E-state index >= 15 is 0 Å². The molecule has 8 heterocycles. The van der Waals surface area contributed by atoms with E-state index in [4.69, 9.17) is 9.72 Å². The smallest absolute Gasteiger partial charge is 0.328 e. The summed E-state index contributed by atoms with van der Waals surface area (Å²) in [5.41, 5.74) is 12.8. The molecule has 0 aliphatic carbocycles. The van der Waals surface area contributed by atoms with Gasteiger partial charge in [0.2, 0.25) is 11.8 Å². The number of nitrogens with zero attached hydrogens (tertiary/aromatic N) is 11. The average molecular weight is 1440 g/mol. The summed E-state index contributed by atoms with van der Waals surface area (Å²) < 4.78 is 13.1. The summed E-state index contributed by atoms with van der Waals surface area (Å²) in [5.74, 6) is 2.13. The summed E-state index contributed by atoms with van der Waals surface area (Å²) in [6.07, 6.45) is 2.99. The average Bonchev–Trinajstić information content (AvgIpc) is 1.62. The maximum Gasteiger partial charge on any atom is 0.328 e. The molecule has 4 aromatic heterocycles. The quantitative estimate of drug-likeness (QED) is 0.0384. The van der Waals surface area contributed by atoms with Gasteiger partial charge in [-0.3, -0.25) is 38.4 Å². The van der Waals surface area contributed by atoms with Gasteiger partial charge >= 0.3 is 5.97 Å². The van der Waals surface area contributed by atoms with Crippen molar-refractivity contribution in [1.82, 2.24) is 84.8 Å². The normalized spacial score (nSPS) is 13.6. The number of aromatic nitrogens is 8. The van der Waals surface area contributed by atoms with Crippen LogP contribution in [0.3, 0.4) is 0 Å². The van der Waals surface area contributed by atoms with E-state index in [1.807, 2.05) is 160 Å². The molecule has 4 aliphatic rings. The molecule has 6 aromatic carbocycles. The highest BCUT2D eigenvalue weighted by Crippen LogP contribution is 2.31. The van der Waals surface area contributed by atoms with Crippen LogP contribution in [0.4, 0.5) is 0 Å². The van der Waals surface area contributed by atoms with Gasteiger partial charge in [-0.2, -0.15) is 0 Å².